The Kier molecular flexibility index (Phi) is 10.8. The van der Waals surface area contributed by atoms with Crippen LogP contribution in [0.25, 0.3) is 0 Å². The van der Waals surface area contributed by atoms with Crippen LogP contribution in [0.2, 0.25) is 10.0 Å². The Labute approximate surface area is 253 Å². The van der Waals surface area contributed by atoms with E-state index in [-0.39, 0.29) is 18.9 Å². The first-order valence-electron chi connectivity index (χ1n) is 13.0. The van der Waals surface area contributed by atoms with E-state index in [9.17, 15) is 18.0 Å². The van der Waals surface area contributed by atoms with E-state index >= 15 is 0 Å². The Morgan fingerprint density at radius 3 is 1.98 bits per heavy atom. The molecule has 0 aliphatic rings. The predicted octanol–water partition coefficient (Wildman–Crippen LogP) is 5.16. The van der Waals surface area contributed by atoms with Crippen molar-refractivity contribution in [2.75, 3.05) is 24.9 Å². The van der Waals surface area contributed by atoms with Crippen LogP contribution in [-0.4, -0.2) is 61.7 Å². The maximum atomic E-state index is 14.2. The first kappa shape index (κ1) is 32.4. The van der Waals surface area contributed by atoms with Gasteiger partial charge in [0.05, 0.1) is 15.7 Å². The van der Waals surface area contributed by atoms with E-state index in [1.54, 1.807) is 48.5 Å². The number of anilines is 1. The highest BCUT2D eigenvalue weighted by atomic mass is 35.5. The van der Waals surface area contributed by atoms with Crippen molar-refractivity contribution in [1.82, 2.24) is 14.5 Å². The third-order valence-electron chi connectivity index (χ3n) is 6.17. The van der Waals surface area contributed by atoms with Crippen LogP contribution in [0.3, 0.4) is 0 Å². The third kappa shape index (κ3) is 8.94. The third-order valence-corrected chi connectivity index (χ3v) is 8.73. The summed E-state index contributed by atoms with van der Waals surface area (Å²) in [6.45, 7) is 5.04. The Balaban J connectivity index is 2.12. The van der Waals surface area contributed by atoms with Crippen molar-refractivity contribution in [3.8, 4) is 0 Å². The number of rotatable bonds is 11. The van der Waals surface area contributed by atoms with Gasteiger partial charge < -0.3 is 10.2 Å². The van der Waals surface area contributed by atoms with Crippen molar-refractivity contribution < 1.29 is 18.0 Å². The van der Waals surface area contributed by atoms with Crippen molar-refractivity contribution in [3.05, 3.63) is 100 Å². The molecule has 0 fully saturated rings. The van der Waals surface area contributed by atoms with Crippen LogP contribution in [0, 0.1) is 0 Å². The molecular weight excluding hydrogens is 583 g/mol. The van der Waals surface area contributed by atoms with Gasteiger partial charge in [0.1, 0.15) is 12.6 Å². The number of carbonyl (C=O) groups excluding carboxylic acids is 2. The molecule has 8 nitrogen and oxygen atoms in total. The fraction of sp³-hybridized carbons (Fsp3) is 0.333. The number of hydrogen-bond acceptors (Lipinski definition) is 4. The quantitative estimate of drug-likeness (QED) is 0.321. The normalized spacial score (nSPS) is 12.6. The number of benzene rings is 3. The molecule has 0 saturated carbocycles. The average molecular weight is 620 g/mol. The molecular formula is C30H36Cl2N4O4S. The summed E-state index contributed by atoms with van der Waals surface area (Å²) in [7, 11) is -1.26. The lowest BCUT2D eigenvalue weighted by molar-refractivity contribution is -0.140. The van der Waals surface area contributed by atoms with Gasteiger partial charge in [-0.05, 0) is 56.2 Å². The van der Waals surface area contributed by atoms with Gasteiger partial charge in [-0.3, -0.25) is 9.59 Å². The van der Waals surface area contributed by atoms with Crippen molar-refractivity contribution >= 4 is 50.9 Å². The lowest BCUT2D eigenvalue weighted by atomic mass is 10.0. The molecule has 0 aliphatic heterocycles. The summed E-state index contributed by atoms with van der Waals surface area (Å²) < 4.78 is 28.8. The van der Waals surface area contributed by atoms with Gasteiger partial charge in [-0.25, -0.2) is 4.31 Å². The molecule has 220 valence electrons. The molecule has 3 aromatic carbocycles. The van der Waals surface area contributed by atoms with Crippen LogP contribution in [0.4, 0.5) is 5.69 Å². The van der Waals surface area contributed by atoms with Crippen LogP contribution in [0.15, 0.2) is 78.9 Å². The molecule has 1 atom stereocenters. The van der Waals surface area contributed by atoms with Crippen LogP contribution in [0.1, 0.15) is 31.9 Å². The largest absolute Gasteiger partial charge is 0.350 e. The molecule has 0 aromatic heterocycles. The minimum Gasteiger partial charge on any atom is -0.350 e. The van der Waals surface area contributed by atoms with E-state index in [1.165, 1.54) is 19.0 Å². The minimum absolute atomic E-state index is 0.00454. The molecule has 41 heavy (non-hydrogen) atoms. The second kappa shape index (κ2) is 13.7. The van der Waals surface area contributed by atoms with Crippen molar-refractivity contribution in [2.45, 2.75) is 45.3 Å². The Bertz CT molecular complexity index is 1450. The van der Waals surface area contributed by atoms with Crippen molar-refractivity contribution in [2.24, 2.45) is 0 Å². The highest BCUT2D eigenvalue weighted by Crippen LogP contribution is 2.25. The van der Waals surface area contributed by atoms with E-state index in [4.69, 9.17) is 23.2 Å². The monoisotopic (exact) mass is 618 g/mol. The summed E-state index contributed by atoms with van der Waals surface area (Å²) in [5.41, 5.74) is 1.22. The fourth-order valence-corrected chi connectivity index (χ4v) is 5.53. The Morgan fingerprint density at radius 2 is 1.44 bits per heavy atom. The zero-order valence-electron chi connectivity index (χ0n) is 23.8. The first-order chi connectivity index (χ1) is 19.2. The summed E-state index contributed by atoms with van der Waals surface area (Å²) in [5.74, 6) is -0.924. The summed E-state index contributed by atoms with van der Waals surface area (Å²) in [4.78, 5) is 29.4. The van der Waals surface area contributed by atoms with E-state index in [1.807, 2.05) is 51.1 Å². The van der Waals surface area contributed by atoms with E-state index in [0.29, 0.717) is 21.3 Å². The Hall–Kier alpha value is -3.11. The van der Waals surface area contributed by atoms with E-state index in [0.717, 1.165) is 14.2 Å². The van der Waals surface area contributed by atoms with Crippen molar-refractivity contribution in [3.63, 3.8) is 0 Å². The molecule has 0 radical (unpaired) electrons. The summed E-state index contributed by atoms with van der Waals surface area (Å²) in [5, 5.41) is 3.65. The number of para-hydroxylation sites is 1. The maximum Gasteiger partial charge on any atom is 0.304 e. The van der Waals surface area contributed by atoms with Gasteiger partial charge in [0.15, 0.2) is 0 Å². The molecule has 11 heteroatoms. The van der Waals surface area contributed by atoms with Gasteiger partial charge in [0.25, 0.3) is 0 Å². The number of carbonyl (C=O) groups is 2. The highest BCUT2D eigenvalue weighted by molar-refractivity contribution is 7.90. The van der Waals surface area contributed by atoms with Gasteiger partial charge >= 0.3 is 10.2 Å². The topological polar surface area (TPSA) is 90.0 Å². The molecule has 0 bridgehead atoms. The number of amides is 2. The number of halogens is 2. The standard InChI is InChI=1S/C30H36Cl2N4O4S/c1-30(2,3)33-29(38)27(19-22-12-8-6-9-13-22)35(20-23-16-17-25(31)26(32)18-23)28(37)21-36(41(39,40)34(4)5)24-14-10-7-11-15-24/h6-18,27H,19-21H2,1-5H3,(H,33,38). The number of nitrogens with one attached hydrogen (secondary N) is 1. The van der Waals surface area contributed by atoms with E-state index < -0.39 is 34.2 Å². The van der Waals surface area contributed by atoms with Crippen LogP contribution < -0.4 is 9.62 Å². The molecule has 3 aromatic rings. The zero-order valence-corrected chi connectivity index (χ0v) is 26.2. The van der Waals surface area contributed by atoms with Gasteiger partial charge in [-0.15, -0.1) is 0 Å². The van der Waals surface area contributed by atoms with Gasteiger partial charge in [0.2, 0.25) is 11.8 Å². The average Bonchev–Trinajstić information content (AvgIpc) is 2.91. The molecule has 1 unspecified atom stereocenters. The lowest BCUT2D eigenvalue weighted by Crippen LogP contribution is -2.56. The Morgan fingerprint density at radius 1 is 0.854 bits per heavy atom. The first-order valence-corrected chi connectivity index (χ1v) is 15.2. The molecule has 3 rings (SSSR count). The molecule has 1 N–H and O–H groups in total. The van der Waals surface area contributed by atoms with Crippen molar-refractivity contribution in [1.29, 1.82) is 0 Å². The van der Waals surface area contributed by atoms with Gasteiger partial charge in [-0.1, -0.05) is 77.8 Å². The van der Waals surface area contributed by atoms with Gasteiger partial charge in [-0.2, -0.15) is 12.7 Å². The molecule has 0 saturated heterocycles. The smallest absolute Gasteiger partial charge is 0.304 e. The molecule has 2 amide bonds. The van der Waals surface area contributed by atoms with E-state index in [2.05, 4.69) is 5.32 Å². The van der Waals surface area contributed by atoms with Crippen LogP contribution >= 0.6 is 23.2 Å². The molecule has 0 heterocycles. The SMILES string of the molecule is CN(C)S(=O)(=O)N(CC(=O)N(Cc1ccc(Cl)c(Cl)c1)C(Cc1ccccc1)C(=O)NC(C)(C)C)c1ccccc1. The summed E-state index contributed by atoms with van der Waals surface area (Å²) in [6.07, 6.45) is 0.210. The van der Waals surface area contributed by atoms with Crippen LogP contribution in [0.5, 0.6) is 0 Å². The molecule has 0 spiro atoms. The number of hydrogen-bond donors (Lipinski definition) is 1. The second-order valence-electron chi connectivity index (χ2n) is 10.8. The molecule has 0 aliphatic carbocycles. The summed E-state index contributed by atoms with van der Waals surface area (Å²) >= 11 is 12.4. The number of nitrogens with zero attached hydrogens (tertiary/aromatic N) is 3. The lowest BCUT2D eigenvalue weighted by Gasteiger charge is -2.35. The minimum atomic E-state index is -4.06. The summed E-state index contributed by atoms with van der Waals surface area (Å²) in [6, 6.07) is 21.8. The predicted molar refractivity (Wildman–Crippen MR) is 165 cm³/mol. The highest BCUT2D eigenvalue weighted by Gasteiger charge is 2.35. The fourth-order valence-electron chi connectivity index (χ4n) is 4.15. The van der Waals surface area contributed by atoms with Gasteiger partial charge in [0, 0.05) is 32.6 Å². The van der Waals surface area contributed by atoms with Crippen LogP contribution in [-0.2, 0) is 32.8 Å². The second-order valence-corrected chi connectivity index (χ2v) is 13.7. The maximum absolute atomic E-state index is 14.2. The zero-order chi connectivity index (χ0) is 30.4.